The van der Waals surface area contributed by atoms with Gasteiger partial charge in [-0.05, 0) is 13.3 Å². The summed E-state index contributed by atoms with van der Waals surface area (Å²) in [6.07, 6.45) is 1.05. The van der Waals surface area contributed by atoms with Crippen molar-refractivity contribution in [3.05, 3.63) is 0 Å². The average molecular weight is 319 g/mol. The first-order chi connectivity index (χ1) is 8.49. The zero-order valence-electron chi connectivity index (χ0n) is 10.7. The molecular weight excluding hydrogens is 300 g/mol. The number of alkyl halides is 1. The van der Waals surface area contributed by atoms with Gasteiger partial charge in [0.25, 0.3) is 0 Å². The summed E-state index contributed by atoms with van der Waals surface area (Å²) in [5, 5.41) is 3.02. The molecule has 1 N–H and O–H groups in total. The summed E-state index contributed by atoms with van der Waals surface area (Å²) in [5.74, 6) is 0.0551. The molecule has 1 heterocycles. The van der Waals surface area contributed by atoms with Gasteiger partial charge >= 0.3 is 0 Å². The highest BCUT2D eigenvalue weighted by Gasteiger charge is 2.35. The summed E-state index contributed by atoms with van der Waals surface area (Å²) >= 11 is 3.07. The van der Waals surface area contributed by atoms with E-state index in [1.807, 2.05) is 6.92 Å². The Morgan fingerprint density at radius 2 is 2.22 bits per heavy atom. The van der Waals surface area contributed by atoms with Crippen LogP contribution in [0.5, 0.6) is 0 Å². The molecule has 1 saturated heterocycles. The molecule has 1 fully saturated rings. The maximum Gasteiger partial charge on any atom is 0.230 e. The summed E-state index contributed by atoms with van der Waals surface area (Å²) in [4.78, 5) is 36.1. The van der Waals surface area contributed by atoms with Crippen molar-refractivity contribution < 1.29 is 14.4 Å². The zero-order valence-corrected chi connectivity index (χ0v) is 12.3. The summed E-state index contributed by atoms with van der Waals surface area (Å²) in [6.45, 7) is 4.46. The minimum absolute atomic E-state index is 0.00939. The van der Waals surface area contributed by atoms with E-state index in [-0.39, 0.29) is 34.9 Å². The lowest BCUT2D eigenvalue weighted by Crippen LogP contribution is -2.41. The van der Waals surface area contributed by atoms with Crippen molar-refractivity contribution in [2.24, 2.45) is 5.92 Å². The molecule has 18 heavy (non-hydrogen) atoms. The molecule has 1 rings (SSSR count). The van der Waals surface area contributed by atoms with Crippen molar-refractivity contribution in [2.45, 2.75) is 32.7 Å². The number of nitrogens with zero attached hydrogens (tertiary/aromatic N) is 1. The first-order valence-corrected chi connectivity index (χ1v) is 7.24. The van der Waals surface area contributed by atoms with Gasteiger partial charge in [-0.3, -0.25) is 14.4 Å². The van der Waals surface area contributed by atoms with Crippen LogP contribution < -0.4 is 5.32 Å². The molecular formula is C12H19BrN2O3. The first-order valence-electron chi connectivity index (χ1n) is 6.12. The Bertz CT molecular complexity index is 346. The lowest BCUT2D eigenvalue weighted by molar-refractivity contribution is -0.135. The molecule has 0 aromatic carbocycles. The topological polar surface area (TPSA) is 66.5 Å². The minimum atomic E-state index is -0.311. The number of rotatable bonds is 6. The fourth-order valence-corrected chi connectivity index (χ4v) is 2.48. The number of likely N-dealkylation sites (tertiary alicyclic amines) is 1. The molecule has 2 atom stereocenters. The van der Waals surface area contributed by atoms with Crippen molar-refractivity contribution in [3.8, 4) is 0 Å². The molecule has 1 aliphatic heterocycles. The van der Waals surface area contributed by atoms with Crippen LogP contribution in [0.1, 0.15) is 26.7 Å². The molecule has 0 bridgehead atoms. The number of amides is 2. The molecule has 5 nitrogen and oxygen atoms in total. The van der Waals surface area contributed by atoms with Gasteiger partial charge in [-0.1, -0.05) is 22.9 Å². The highest BCUT2D eigenvalue weighted by molar-refractivity contribution is 9.09. The molecule has 0 aromatic rings. The first kappa shape index (κ1) is 15.1. The number of hydrogen-bond donors (Lipinski definition) is 1. The number of hydrogen-bond acceptors (Lipinski definition) is 3. The highest BCUT2D eigenvalue weighted by atomic mass is 79.9. The third-order valence-electron chi connectivity index (χ3n) is 3.18. The Morgan fingerprint density at radius 3 is 2.72 bits per heavy atom. The van der Waals surface area contributed by atoms with Crippen LogP contribution in [0.2, 0.25) is 0 Å². The van der Waals surface area contributed by atoms with Crippen LogP contribution in [0.15, 0.2) is 0 Å². The van der Waals surface area contributed by atoms with Crippen LogP contribution in [-0.2, 0) is 14.4 Å². The molecule has 0 saturated carbocycles. The maximum atomic E-state index is 11.9. The second kappa shape index (κ2) is 6.87. The Kier molecular flexibility index (Phi) is 5.78. The van der Waals surface area contributed by atoms with Crippen molar-refractivity contribution >= 4 is 33.5 Å². The van der Waals surface area contributed by atoms with Gasteiger partial charge in [0.1, 0.15) is 0 Å². The monoisotopic (exact) mass is 318 g/mol. The van der Waals surface area contributed by atoms with Crippen molar-refractivity contribution in [2.75, 3.05) is 18.4 Å². The van der Waals surface area contributed by atoms with E-state index in [0.717, 1.165) is 0 Å². The normalized spacial score (nSPS) is 20.9. The molecule has 0 spiro atoms. The average Bonchev–Trinajstić information content (AvgIpc) is 2.68. The fourth-order valence-electron chi connectivity index (χ4n) is 2.28. The van der Waals surface area contributed by atoms with Gasteiger partial charge in [0, 0.05) is 25.4 Å². The minimum Gasteiger partial charge on any atom is -0.355 e. The second-order valence-electron chi connectivity index (χ2n) is 4.59. The van der Waals surface area contributed by atoms with E-state index in [1.54, 1.807) is 4.90 Å². The largest absolute Gasteiger partial charge is 0.355 e. The van der Waals surface area contributed by atoms with Crippen molar-refractivity contribution in [3.63, 3.8) is 0 Å². The summed E-state index contributed by atoms with van der Waals surface area (Å²) < 4.78 is 0. The van der Waals surface area contributed by atoms with Gasteiger partial charge in [-0.2, -0.15) is 0 Å². The van der Waals surface area contributed by atoms with Crippen LogP contribution in [0, 0.1) is 5.92 Å². The number of halogens is 1. The summed E-state index contributed by atoms with van der Waals surface area (Å²) in [7, 11) is 0. The van der Waals surface area contributed by atoms with Crippen LogP contribution in [0.25, 0.3) is 0 Å². The number of ketones is 1. The van der Waals surface area contributed by atoms with Gasteiger partial charge in [0.2, 0.25) is 11.8 Å². The molecule has 6 heteroatoms. The SMILES string of the molecule is CC[C@H](C(C)=O)N1CC(CNC(=O)CBr)CC1=O. The quantitative estimate of drug-likeness (QED) is 0.734. The van der Waals surface area contributed by atoms with Crippen LogP contribution in [0.4, 0.5) is 0 Å². The highest BCUT2D eigenvalue weighted by Crippen LogP contribution is 2.21. The van der Waals surface area contributed by atoms with Gasteiger partial charge in [0.15, 0.2) is 5.78 Å². The molecule has 102 valence electrons. The lowest BCUT2D eigenvalue weighted by Gasteiger charge is -2.25. The van der Waals surface area contributed by atoms with Crippen molar-refractivity contribution in [1.82, 2.24) is 10.2 Å². The predicted octanol–water partition coefficient (Wildman–Crippen LogP) is 0.714. The number of nitrogens with one attached hydrogen (secondary N) is 1. The Balaban J connectivity index is 2.53. The van der Waals surface area contributed by atoms with Gasteiger partial charge in [0.05, 0.1) is 11.4 Å². The molecule has 2 amide bonds. The number of carbonyl (C=O) groups excluding carboxylic acids is 3. The molecule has 1 aliphatic rings. The second-order valence-corrected chi connectivity index (χ2v) is 5.15. The zero-order chi connectivity index (χ0) is 13.7. The van der Waals surface area contributed by atoms with Gasteiger partial charge in [-0.25, -0.2) is 0 Å². The molecule has 0 aliphatic carbocycles. The molecule has 0 aromatic heterocycles. The van der Waals surface area contributed by atoms with E-state index < -0.39 is 0 Å². The Hall–Kier alpha value is -0.910. The van der Waals surface area contributed by atoms with E-state index in [2.05, 4.69) is 21.2 Å². The molecule has 1 unspecified atom stereocenters. The third kappa shape index (κ3) is 3.80. The number of Topliss-reactive ketones (excluding diaryl/α,β-unsaturated/α-hetero) is 1. The predicted molar refractivity (Wildman–Crippen MR) is 71.4 cm³/mol. The fraction of sp³-hybridized carbons (Fsp3) is 0.750. The summed E-state index contributed by atoms with van der Waals surface area (Å²) in [5.41, 5.74) is 0. The van der Waals surface area contributed by atoms with Gasteiger partial charge in [-0.15, -0.1) is 0 Å². The Morgan fingerprint density at radius 1 is 1.56 bits per heavy atom. The maximum absolute atomic E-state index is 11.9. The van der Waals surface area contributed by atoms with Crippen LogP contribution in [-0.4, -0.2) is 47.0 Å². The van der Waals surface area contributed by atoms with E-state index in [1.165, 1.54) is 6.92 Å². The van der Waals surface area contributed by atoms with E-state index >= 15 is 0 Å². The van der Waals surface area contributed by atoms with Crippen molar-refractivity contribution in [1.29, 1.82) is 0 Å². The smallest absolute Gasteiger partial charge is 0.230 e. The van der Waals surface area contributed by atoms with E-state index in [4.69, 9.17) is 0 Å². The van der Waals surface area contributed by atoms with Crippen LogP contribution >= 0.6 is 15.9 Å². The van der Waals surface area contributed by atoms with E-state index in [9.17, 15) is 14.4 Å². The number of carbonyl (C=O) groups is 3. The summed E-state index contributed by atoms with van der Waals surface area (Å²) in [6, 6.07) is -0.311. The molecule has 0 radical (unpaired) electrons. The standard InChI is InChI=1S/C12H19BrN2O3/c1-3-10(8(2)16)15-7-9(4-12(15)18)6-14-11(17)5-13/h9-10H,3-7H2,1-2H3,(H,14,17)/t9?,10-/m1/s1. The lowest BCUT2D eigenvalue weighted by atomic mass is 10.1. The van der Waals surface area contributed by atoms with Crippen LogP contribution in [0.3, 0.4) is 0 Å². The van der Waals surface area contributed by atoms with E-state index in [0.29, 0.717) is 25.9 Å². The third-order valence-corrected chi connectivity index (χ3v) is 3.69. The Labute approximate surface area is 115 Å². The van der Waals surface area contributed by atoms with Gasteiger partial charge < -0.3 is 10.2 Å².